The van der Waals surface area contributed by atoms with E-state index >= 15 is 0 Å². The molecule has 0 aromatic rings. The van der Waals surface area contributed by atoms with E-state index in [0.717, 1.165) is 0 Å². The lowest BCUT2D eigenvalue weighted by Crippen LogP contribution is -2.39. The Morgan fingerprint density at radius 1 is 1.43 bits per heavy atom. The first-order valence-electron chi connectivity index (χ1n) is 4.95. The Labute approximate surface area is 80.8 Å². The molecule has 72 valence electrons. The Bertz CT molecular complexity index is 401. The normalized spacial score (nSPS) is 64.3. The Kier molecular flexibility index (Phi) is 0.879. The van der Waals surface area contributed by atoms with Crippen LogP contribution < -0.4 is 0 Å². The average Bonchev–Trinajstić information content (AvgIpc) is 2.99. The first kappa shape index (κ1) is 7.24. The quantitative estimate of drug-likeness (QED) is 0.435. The van der Waals surface area contributed by atoms with Gasteiger partial charge in [0.15, 0.2) is 0 Å². The van der Waals surface area contributed by atoms with Gasteiger partial charge in [-0.3, -0.25) is 4.79 Å². The molecule has 0 N–H and O–H groups in total. The van der Waals surface area contributed by atoms with E-state index in [0.29, 0.717) is 11.8 Å². The van der Waals surface area contributed by atoms with Crippen LogP contribution in [0.3, 0.4) is 0 Å². The molecule has 4 nitrogen and oxygen atoms in total. The van der Waals surface area contributed by atoms with Crippen LogP contribution in [0.25, 0.3) is 0 Å². The largest absolute Gasteiger partial charge is 0.459 e. The topological polar surface area (TPSA) is 62.6 Å². The van der Waals surface area contributed by atoms with Gasteiger partial charge >= 0.3 is 5.97 Å². The van der Waals surface area contributed by atoms with E-state index in [1.54, 1.807) is 0 Å². The lowest BCUT2D eigenvalue weighted by molar-refractivity contribution is -0.150. The van der Waals surface area contributed by atoms with Crippen molar-refractivity contribution in [1.29, 1.82) is 5.26 Å². The van der Waals surface area contributed by atoms with Gasteiger partial charge in [-0.05, 0) is 5.92 Å². The minimum Gasteiger partial charge on any atom is -0.459 e. The Balaban J connectivity index is 1.64. The van der Waals surface area contributed by atoms with E-state index in [9.17, 15) is 4.79 Å². The monoisotopic (exact) mass is 191 g/mol. The first-order chi connectivity index (χ1) is 6.71. The van der Waals surface area contributed by atoms with Crippen LogP contribution in [0.5, 0.6) is 0 Å². The molecule has 0 radical (unpaired) electrons. The van der Waals surface area contributed by atoms with Crippen molar-refractivity contribution in [3.05, 3.63) is 0 Å². The molecule has 14 heavy (non-hydrogen) atoms. The summed E-state index contributed by atoms with van der Waals surface area (Å²) < 4.78 is 10.7. The molecule has 5 fully saturated rings. The van der Waals surface area contributed by atoms with Crippen LogP contribution in [0.15, 0.2) is 0 Å². The Morgan fingerprint density at radius 3 is 2.79 bits per heavy atom. The van der Waals surface area contributed by atoms with Crippen molar-refractivity contribution in [2.75, 3.05) is 0 Å². The second-order valence-electron chi connectivity index (χ2n) is 4.76. The van der Waals surface area contributed by atoms with Gasteiger partial charge in [-0.1, -0.05) is 0 Å². The van der Waals surface area contributed by atoms with Crippen LogP contribution >= 0.6 is 0 Å². The van der Waals surface area contributed by atoms with E-state index in [-0.39, 0.29) is 35.6 Å². The molecule has 0 aromatic carbocycles. The minimum absolute atomic E-state index is 0.106. The van der Waals surface area contributed by atoms with Gasteiger partial charge in [0.1, 0.15) is 12.2 Å². The van der Waals surface area contributed by atoms with Crippen LogP contribution in [0, 0.1) is 34.5 Å². The second kappa shape index (κ2) is 1.70. The summed E-state index contributed by atoms with van der Waals surface area (Å²) in [6.07, 6.45) is 0.190. The van der Waals surface area contributed by atoms with E-state index in [1.165, 1.54) is 6.92 Å². The van der Waals surface area contributed by atoms with Gasteiger partial charge in [0.05, 0.1) is 17.6 Å². The molecule has 1 aliphatic heterocycles. The second-order valence-corrected chi connectivity index (χ2v) is 4.76. The number of hydrogen-bond acceptors (Lipinski definition) is 4. The van der Waals surface area contributed by atoms with Gasteiger partial charge in [0, 0.05) is 18.8 Å². The maximum atomic E-state index is 10.9. The fourth-order valence-electron chi connectivity index (χ4n) is 3.66. The summed E-state index contributed by atoms with van der Waals surface area (Å²) in [6, 6.07) is 2.38. The number of rotatable bonds is 1. The zero-order chi connectivity index (χ0) is 9.66. The molecule has 0 unspecified atom stereocenters. The molecular formula is C10H9NO3. The molecule has 2 bridgehead atoms. The SMILES string of the molecule is CC(=O)O[C@H]1[C@H]2O[C@H]2[C@@H]2[C@H]3[C@@H]1[C@@]32C#N. The van der Waals surface area contributed by atoms with Crippen LogP contribution in [-0.4, -0.2) is 24.3 Å². The molecule has 0 amide bonds. The minimum atomic E-state index is -0.262. The zero-order valence-electron chi connectivity index (χ0n) is 7.64. The molecule has 1 saturated heterocycles. The van der Waals surface area contributed by atoms with Gasteiger partial charge in [-0.25, -0.2) is 0 Å². The molecular weight excluding hydrogens is 182 g/mol. The third-order valence-corrected chi connectivity index (χ3v) is 4.30. The van der Waals surface area contributed by atoms with Crippen molar-refractivity contribution >= 4 is 5.97 Å². The van der Waals surface area contributed by atoms with Crippen molar-refractivity contribution in [2.24, 2.45) is 23.2 Å². The summed E-state index contributed by atoms with van der Waals surface area (Å²) in [6.45, 7) is 1.41. The first-order valence-corrected chi connectivity index (χ1v) is 4.95. The molecule has 5 rings (SSSR count). The predicted molar refractivity (Wildman–Crippen MR) is 42.7 cm³/mol. The molecule has 4 saturated carbocycles. The van der Waals surface area contributed by atoms with Gasteiger partial charge in [0.2, 0.25) is 0 Å². The molecule has 0 aromatic heterocycles. The highest BCUT2D eigenvalue weighted by molar-refractivity contribution is 5.67. The van der Waals surface area contributed by atoms with Gasteiger partial charge in [0.25, 0.3) is 0 Å². The van der Waals surface area contributed by atoms with Crippen LogP contribution in [0.4, 0.5) is 0 Å². The highest BCUT2D eigenvalue weighted by Crippen LogP contribution is 2.91. The fraction of sp³-hybridized carbons (Fsp3) is 0.800. The molecule has 1 heterocycles. The Morgan fingerprint density at radius 2 is 2.21 bits per heavy atom. The number of esters is 1. The zero-order valence-corrected chi connectivity index (χ0v) is 7.64. The Hall–Kier alpha value is -1.08. The maximum Gasteiger partial charge on any atom is 0.303 e. The lowest BCUT2D eigenvalue weighted by Gasteiger charge is -2.26. The van der Waals surface area contributed by atoms with Crippen molar-refractivity contribution in [1.82, 2.24) is 0 Å². The molecule has 7 atom stereocenters. The molecule has 5 aliphatic rings. The third-order valence-electron chi connectivity index (χ3n) is 4.30. The molecule has 4 aliphatic carbocycles. The van der Waals surface area contributed by atoms with Crippen molar-refractivity contribution < 1.29 is 14.3 Å². The van der Waals surface area contributed by atoms with E-state index < -0.39 is 0 Å². The van der Waals surface area contributed by atoms with E-state index in [1.807, 2.05) is 0 Å². The summed E-state index contributed by atoms with van der Waals surface area (Å²) >= 11 is 0. The maximum absolute atomic E-state index is 10.9. The fourth-order valence-corrected chi connectivity index (χ4v) is 3.66. The number of epoxide rings is 1. The van der Waals surface area contributed by atoms with Crippen molar-refractivity contribution in [2.45, 2.75) is 25.2 Å². The average molecular weight is 191 g/mol. The number of hydrogen-bond donors (Lipinski definition) is 0. The van der Waals surface area contributed by atoms with Gasteiger partial charge in [-0.2, -0.15) is 5.26 Å². The summed E-state index contributed by atoms with van der Waals surface area (Å²) in [5.74, 6) is 0.960. The van der Waals surface area contributed by atoms with Crippen molar-refractivity contribution in [3.8, 4) is 6.07 Å². The number of nitrogens with zero attached hydrogens (tertiary/aromatic N) is 1. The smallest absolute Gasteiger partial charge is 0.303 e. The number of ether oxygens (including phenoxy) is 2. The summed E-state index contributed by atoms with van der Waals surface area (Å²) in [5, 5.41) is 9.05. The third kappa shape index (κ3) is 0.510. The standard InChI is InChI=1S/C10H9NO3/c1-3(12)13-7-5-4-6(8-9(7)14-8)10(4,5)2-11/h4-9H,1H3/t4-,5+,6+,7-,8+,9-,10-/m1/s1. The molecule has 0 spiro atoms. The summed E-state index contributed by atoms with van der Waals surface area (Å²) in [4.78, 5) is 10.9. The molecule has 4 heteroatoms. The summed E-state index contributed by atoms with van der Waals surface area (Å²) in [7, 11) is 0. The predicted octanol–water partition coefficient (Wildman–Crippen LogP) is 0.0849. The summed E-state index contributed by atoms with van der Waals surface area (Å²) in [5.41, 5.74) is -0.155. The number of carbonyl (C=O) groups is 1. The van der Waals surface area contributed by atoms with Crippen LogP contribution in [0.1, 0.15) is 6.92 Å². The lowest BCUT2D eigenvalue weighted by atomic mass is 9.81. The van der Waals surface area contributed by atoms with Crippen LogP contribution in [-0.2, 0) is 14.3 Å². The van der Waals surface area contributed by atoms with Gasteiger partial charge < -0.3 is 9.47 Å². The highest BCUT2D eigenvalue weighted by Gasteiger charge is 2.98. The number of nitriles is 1. The van der Waals surface area contributed by atoms with Crippen molar-refractivity contribution in [3.63, 3.8) is 0 Å². The van der Waals surface area contributed by atoms with E-state index in [4.69, 9.17) is 14.7 Å². The highest BCUT2D eigenvalue weighted by atomic mass is 16.6. The number of carbonyl (C=O) groups excluding carboxylic acids is 1. The van der Waals surface area contributed by atoms with Crippen LogP contribution in [0.2, 0.25) is 0 Å². The van der Waals surface area contributed by atoms with Gasteiger partial charge in [-0.15, -0.1) is 0 Å². The van der Waals surface area contributed by atoms with E-state index in [2.05, 4.69) is 6.07 Å².